The van der Waals surface area contributed by atoms with Crippen molar-refractivity contribution in [3.63, 3.8) is 0 Å². The van der Waals surface area contributed by atoms with Crippen molar-refractivity contribution < 1.29 is 0 Å². The van der Waals surface area contributed by atoms with Gasteiger partial charge in [0.1, 0.15) is 5.92 Å². The van der Waals surface area contributed by atoms with Crippen LogP contribution in [0.3, 0.4) is 0 Å². The zero-order chi connectivity index (χ0) is 18.9. The van der Waals surface area contributed by atoms with Crippen LogP contribution in [-0.2, 0) is 0 Å². The van der Waals surface area contributed by atoms with Crippen LogP contribution in [0.1, 0.15) is 31.7 Å². The Morgan fingerprint density at radius 3 is 2.58 bits per heavy atom. The number of aromatic nitrogens is 1. The Balaban J connectivity index is 2.23. The lowest BCUT2D eigenvalue weighted by atomic mass is 9.54. The maximum atomic E-state index is 9.91. The zero-order valence-corrected chi connectivity index (χ0v) is 14.8. The van der Waals surface area contributed by atoms with E-state index in [1.165, 1.54) is 0 Å². The highest BCUT2D eigenvalue weighted by Crippen LogP contribution is 2.54. The molecule has 0 spiro atoms. The third kappa shape index (κ3) is 2.45. The minimum absolute atomic E-state index is 0.119. The van der Waals surface area contributed by atoms with Crippen molar-refractivity contribution in [2.45, 2.75) is 32.2 Å². The average molecular weight is 344 g/mol. The number of nitrogens with one attached hydrogen (secondary N) is 1. The fourth-order valence-electron chi connectivity index (χ4n) is 4.19. The lowest BCUT2D eigenvalue weighted by molar-refractivity contribution is 0.223. The molecule has 0 aromatic carbocycles. The number of hydrogen-bond acceptors (Lipinski definition) is 6. The van der Waals surface area contributed by atoms with Gasteiger partial charge in [0.2, 0.25) is 0 Å². The van der Waals surface area contributed by atoms with Crippen molar-refractivity contribution in [1.82, 2.24) is 9.88 Å². The molecule has 3 rings (SSSR count). The van der Waals surface area contributed by atoms with E-state index in [0.717, 1.165) is 24.1 Å². The van der Waals surface area contributed by atoms with Crippen LogP contribution in [0.25, 0.3) is 0 Å². The predicted octanol–water partition coefficient (Wildman–Crippen LogP) is 2.99. The monoisotopic (exact) mass is 344 g/mol. The number of hydrogen-bond donors (Lipinski definition) is 1. The van der Waals surface area contributed by atoms with E-state index in [4.69, 9.17) is 5.41 Å². The SMILES string of the molecule is CC(C)N1C=C2C(C#N)C(=N)C(C#N)(C#N)[C@@H](c3cccnc3)[C@@H]2CC1. The van der Waals surface area contributed by atoms with E-state index >= 15 is 0 Å². The van der Waals surface area contributed by atoms with Gasteiger partial charge in [-0.3, -0.25) is 4.98 Å². The van der Waals surface area contributed by atoms with Crippen molar-refractivity contribution in [3.8, 4) is 18.2 Å². The second-order valence-electron chi connectivity index (χ2n) is 7.13. The van der Waals surface area contributed by atoms with Crippen LogP contribution >= 0.6 is 0 Å². The van der Waals surface area contributed by atoms with Crippen LogP contribution in [-0.4, -0.2) is 28.2 Å². The Kier molecular flexibility index (Phi) is 4.49. The number of fused-ring (bicyclic) bond motifs is 1. The fraction of sp³-hybridized carbons (Fsp3) is 0.450. The summed E-state index contributed by atoms with van der Waals surface area (Å²) in [6.45, 7) is 4.96. The molecule has 26 heavy (non-hydrogen) atoms. The molecule has 2 heterocycles. The molecule has 0 saturated heterocycles. The summed E-state index contributed by atoms with van der Waals surface area (Å²) in [5.41, 5.74) is -0.157. The van der Waals surface area contributed by atoms with Crippen LogP contribution in [0.5, 0.6) is 0 Å². The first kappa shape index (κ1) is 17.6. The minimum Gasteiger partial charge on any atom is -0.375 e. The summed E-state index contributed by atoms with van der Waals surface area (Å²) in [7, 11) is 0. The van der Waals surface area contributed by atoms with Crippen molar-refractivity contribution in [1.29, 1.82) is 21.2 Å². The molecule has 6 nitrogen and oxygen atoms in total. The first-order valence-electron chi connectivity index (χ1n) is 8.68. The highest BCUT2D eigenvalue weighted by Gasteiger charge is 2.57. The van der Waals surface area contributed by atoms with Crippen LogP contribution < -0.4 is 0 Å². The maximum absolute atomic E-state index is 9.91. The molecular formula is C20H20N6. The average Bonchev–Trinajstić information content (AvgIpc) is 2.67. The molecule has 2 aliphatic rings. The molecule has 0 radical (unpaired) electrons. The second kappa shape index (κ2) is 6.62. The summed E-state index contributed by atoms with van der Waals surface area (Å²) in [5, 5.41) is 38.1. The quantitative estimate of drug-likeness (QED) is 0.886. The van der Waals surface area contributed by atoms with Crippen molar-refractivity contribution in [2.24, 2.45) is 17.3 Å². The van der Waals surface area contributed by atoms with Gasteiger partial charge in [-0.15, -0.1) is 0 Å². The first-order chi connectivity index (χ1) is 12.5. The third-order valence-corrected chi connectivity index (χ3v) is 5.55. The standard InChI is InChI=1S/C20H20N6/c1-13(2)26-7-5-15-17(10-26)16(8-21)19(24)20(11-22,12-23)18(15)14-4-3-6-25-9-14/h3-4,6,9-10,13,15-16,18,24H,5,7H2,1-2H3/t15-,16?,18+/m1/s1. The van der Waals surface area contributed by atoms with Gasteiger partial charge in [0.25, 0.3) is 0 Å². The van der Waals surface area contributed by atoms with Gasteiger partial charge in [0.05, 0.1) is 23.9 Å². The Bertz CT molecular complexity index is 850. The summed E-state index contributed by atoms with van der Waals surface area (Å²) in [6, 6.07) is 10.3. The van der Waals surface area contributed by atoms with Crippen LogP contribution in [0.2, 0.25) is 0 Å². The molecule has 0 bridgehead atoms. The molecule has 1 unspecified atom stereocenters. The van der Waals surface area contributed by atoms with Gasteiger partial charge in [-0.1, -0.05) is 6.07 Å². The second-order valence-corrected chi connectivity index (χ2v) is 7.13. The number of nitrogens with zero attached hydrogens (tertiary/aromatic N) is 5. The summed E-state index contributed by atoms with van der Waals surface area (Å²) < 4.78 is 0. The molecule has 6 heteroatoms. The van der Waals surface area contributed by atoms with Gasteiger partial charge >= 0.3 is 0 Å². The lowest BCUT2D eigenvalue weighted by Crippen LogP contribution is -2.51. The Labute approximate surface area is 153 Å². The maximum Gasteiger partial charge on any atom is 0.189 e. The van der Waals surface area contributed by atoms with Crippen molar-refractivity contribution in [3.05, 3.63) is 41.9 Å². The number of nitriles is 3. The predicted molar refractivity (Wildman–Crippen MR) is 95.5 cm³/mol. The van der Waals surface area contributed by atoms with Gasteiger partial charge < -0.3 is 10.3 Å². The fourth-order valence-corrected chi connectivity index (χ4v) is 4.19. The van der Waals surface area contributed by atoms with Gasteiger partial charge in [-0.25, -0.2) is 0 Å². The molecule has 1 aromatic heterocycles. The van der Waals surface area contributed by atoms with Gasteiger partial charge in [-0.2, -0.15) is 15.8 Å². The summed E-state index contributed by atoms with van der Waals surface area (Å²) in [6.07, 6.45) is 6.03. The summed E-state index contributed by atoms with van der Waals surface area (Å²) in [4.78, 5) is 6.32. The molecular weight excluding hydrogens is 324 g/mol. The van der Waals surface area contributed by atoms with E-state index in [1.807, 2.05) is 12.3 Å². The Morgan fingerprint density at radius 2 is 2.04 bits per heavy atom. The highest BCUT2D eigenvalue weighted by atomic mass is 15.1. The van der Waals surface area contributed by atoms with Crippen LogP contribution in [0, 0.1) is 56.7 Å². The third-order valence-electron chi connectivity index (χ3n) is 5.55. The number of rotatable bonds is 2. The van der Waals surface area contributed by atoms with Crippen LogP contribution in [0.15, 0.2) is 36.3 Å². The first-order valence-corrected chi connectivity index (χ1v) is 8.68. The van der Waals surface area contributed by atoms with Gasteiger partial charge in [0.15, 0.2) is 5.41 Å². The Hall–Kier alpha value is -3.17. The number of pyridine rings is 1. The molecule has 1 aromatic rings. The normalized spacial score (nSPS) is 26.9. The van der Waals surface area contributed by atoms with Gasteiger partial charge in [-0.05, 0) is 43.4 Å². The molecule has 3 atom stereocenters. The zero-order valence-electron chi connectivity index (χ0n) is 14.8. The topological polar surface area (TPSA) is 111 Å². The molecule has 1 aliphatic carbocycles. The largest absolute Gasteiger partial charge is 0.375 e. The van der Waals surface area contributed by atoms with Crippen molar-refractivity contribution >= 4 is 5.71 Å². The molecule has 130 valence electrons. The molecule has 1 saturated carbocycles. The van der Waals surface area contributed by atoms with E-state index in [2.05, 4.69) is 41.9 Å². The van der Waals surface area contributed by atoms with E-state index in [0.29, 0.717) is 0 Å². The van der Waals surface area contributed by atoms with E-state index < -0.39 is 17.3 Å². The summed E-state index contributed by atoms with van der Waals surface area (Å²) in [5.74, 6) is -1.47. The minimum atomic E-state index is -1.65. The highest BCUT2D eigenvalue weighted by molar-refractivity contribution is 6.00. The smallest absolute Gasteiger partial charge is 0.189 e. The van der Waals surface area contributed by atoms with Crippen molar-refractivity contribution in [2.75, 3.05) is 6.54 Å². The molecule has 1 N–H and O–H groups in total. The Morgan fingerprint density at radius 1 is 1.31 bits per heavy atom. The van der Waals surface area contributed by atoms with E-state index in [9.17, 15) is 15.8 Å². The van der Waals surface area contributed by atoms with E-state index in [1.54, 1.807) is 18.5 Å². The lowest BCUT2D eigenvalue weighted by Gasteiger charge is -2.47. The molecule has 0 amide bonds. The van der Waals surface area contributed by atoms with E-state index in [-0.39, 0.29) is 17.7 Å². The van der Waals surface area contributed by atoms with Crippen LogP contribution in [0.4, 0.5) is 0 Å². The summed E-state index contributed by atoms with van der Waals surface area (Å²) >= 11 is 0. The molecule has 1 aliphatic heterocycles. The number of allylic oxidation sites excluding steroid dienone is 1. The molecule has 1 fully saturated rings. The van der Waals surface area contributed by atoms with Gasteiger partial charge in [0, 0.05) is 37.1 Å².